The van der Waals surface area contributed by atoms with E-state index in [1.807, 2.05) is 17.5 Å². The van der Waals surface area contributed by atoms with Gasteiger partial charge in [-0.15, -0.1) is 0 Å². The van der Waals surface area contributed by atoms with Gasteiger partial charge in [0.1, 0.15) is 0 Å². The summed E-state index contributed by atoms with van der Waals surface area (Å²) in [5.74, 6) is 0. The number of nitrogens with one attached hydrogen (secondary N) is 1. The molecule has 0 aliphatic heterocycles. The molecule has 2 rings (SSSR count). The Balaban J connectivity index is 1.66. The third kappa shape index (κ3) is 3.41. The fourth-order valence-electron chi connectivity index (χ4n) is 1.08. The Kier molecular flexibility index (Phi) is 4.03. The second-order valence-corrected chi connectivity index (χ2v) is 3.79. The normalized spacial score (nSPS) is 11.1. The molecule has 16 heavy (non-hydrogen) atoms. The summed E-state index contributed by atoms with van der Waals surface area (Å²) in [6.07, 6.45) is 2.28. The van der Waals surface area contributed by atoms with E-state index < -0.39 is 0 Å². The molecule has 0 unspecified atom stereocenters. The number of aromatic nitrogens is 3. The van der Waals surface area contributed by atoms with Crippen LogP contribution in [0.2, 0.25) is 0 Å². The average Bonchev–Trinajstić information content (AvgIpc) is 2.96. The Morgan fingerprint density at radius 1 is 1.31 bits per heavy atom. The number of nitrogens with zero attached hydrogens (tertiary/aromatic N) is 2. The van der Waals surface area contributed by atoms with E-state index in [9.17, 15) is 0 Å². The van der Waals surface area contributed by atoms with Crippen LogP contribution in [0.3, 0.4) is 0 Å². The van der Waals surface area contributed by atoms with Crippen molar-refractivity contribution in [3.05, 3.63) is 41.4 Å². The predicted octanol–water partition coefficient (Wildman–Crippen LogP) is 2.11. The molecule has 0 aromatic carbocycles. The Bertz CT molecular complexity index is 350. The molecule has 0 aliphatic carbocycles. The zero-order valence-corrected chi connectivity index (χ0v) is 9.66. The SMILES string of the molecule is C[C](OCc1cc[nH]n1)OCc1ccsn1. The van der Waals surface area contributed by atoms with E-state index in [1.165, 1.54) is 11.5 Å². The van der Waals surface area contributed by atoms with E-state index in [4.69, 9.17) is 9.47 Å². The third-order valence-electron chi connectivity index (χ3n) is 1.90. The molecule has 0 saturated carbocycles. The zero-order chi connectivity index (χ0) is 11.2. The minimum Gasteiger partial charge on any atom is -0.339 e. The lowest BCUT2D eigenvalue weighted by molar-refractivity contribution is -0.0538. The molecule has 85 valence electrons. The van der Waals surface area contributed by atoms with Crippen molar-refractivity contribution >= 4 is 11.5 Å². The maximum absolute atomic E-state index is 5.39. The second-order valence-electron chi connectivity index (χ2n) is 3.13. The first-order chi connectivity index (χ1) is 7.84. The number of H-pyrrole nitrogens is 1. The summed E-state index contributed by atoms with van der Waals surface area (Å²) in [4.78, 5) is 0. The van der Waals surface area contributed by atoms with E-state index in [-0.39, 0.29) is 0 Å². The van der Waals surface area contributed by atoms with Crippen molar-refractivity contribution in [2.75, 3.05) is 0 Å². The molecule has 0 fully saturated rings. The fraction of sp³-hybridized carbons (Fsp3) is 0.300. The Hall–Kier alpha value is -1.24. The highest BCUT2D eigenvalue weighted by Crippen LogP contribution is 2.10. The van der Waals surface area contributed by atoms with Crippen LogP contribution in [-0.4, -0.2) is 14.6 Å². The van der Waals surface area contributed by atoms with Crippen LogP contribution in [-0.2, 0) is 22.7 Å². The maximum atomic E-state index is 5.39. The molecule has 2 heterocycles. The van der Waals surface area contributed by atoms with Crippen molar-refractivity contribution in [2.24, 2.45) is 0 Å². The molecular weight excluding hydrogens is 226 g/mol. The van der Waals surface area contributed by atoms with Crippen LogP contribution in [0.4, 0.5) is 0 Å². The summed E-state index contributed by atoms with van der Waals surface area (Å²) in [5.41, 5.74) is 1.75. The van der Waals surface area contributed by atoms with Gasteiger partial charge in [0.2, 0.25) is 6.29 Å². The number of hydrogen-bond donors (Lipinski definition) is 1. The van der Waals surface area contributed by atoms with Crippen LogP contribution in [0, 0.1) is 6.29 Å². The zero-order valence-electron chi connectivity index (χ0n) is 8.84. The monoisotopic (exact) mass is 238 g/mol. The average molecular weight is 238 g/mol. The van der Waals surface area contributed by atoms with Gasteiger partial charge in [0.25, 0.3) is 0 Å². The second kappa shape index (κ2) is 5.74. The van der Waals surface area contributed by atoms with Gasteiger partial charge in [-0.05, 0) is 30.6 Å². The van der Waals surface area contributed by atoms with Crippen molar-refractivity contribution in [1.82, 2.24) is 14.6 Å². The van der Waals surface area contributed by atoms with Gasteiger partial charge in [-0.3, -0.25) is 5.10 Å². The number of hydrogen-bond acceptors (Lipinski definition) is 5. The number of aromatic amines is 1. The lowest BCUT2D eigenvalue weighted by atomic mass is 10.4. The van der Waals surface area contributed by atoms with Crippen molar-refractivity contribution < 1.29 is 9.47 Å². The molecule has 0 spiro atoms. The molecule has 0 bridgehead atoms. The minimum atomic E-state index is 0.409. The minimum absolute atomic E-state index is 0.409. The molecule has 0 aliphatic rings. The molecule has 1 N–H and O–H groups in total. The lowest BCUT2D eigenvalue weighted by Crippen LogP contribution is -2.05. The maximum Gasteiger partial charge on any atom is 0.221 e. The molecule has 6 heteroatoms. The summed E-state index contributed by atoms with van der Waals surface area (Å²) >= 11 is 1.41. The molecule has 5 nitrogen and oxygen atoms in total. The number of ether oxygens (including phenoxy) is 2. The highest BCUT2D eigenvalue weighted by atomic mass is 32.1. The van der Waals surface area contributed by atoms with Crippen molar-refractivity contribution in [1.29, 1.82) is 0 Å². The van der Waals surface area contributed by atoms with Crippen LogP contribution in [0.1, 0.15) is 18.3 Å². The summed E-state index contributed by atoms with van der Waals surface area (Å²) < 4.78 is 14.9. The van der Waals surface area contributed by atoms with Gasteiger partial charge in [-0.1, -0.05) is 0 Å². The van der Waals surface area contributed by atoms with Crippen molar-refractivity contribution in [3.8, 4) is 0 Å². The van der Waals surface area contributed by atoms with Crippen LogP contribution >= 0.6 is 11.5 Å². The molecule has 0 atom stereocenters. The van der Waals surface area contributed by atoms with Crippen molar-refractivity contribution in [3.63, 3.8) is 0 Å². The largest absolute Gasteiger partial charge is 0.339 e. The Labute approximate surface area is 97.6 Å². The van der Waals surface area contributed by atoms with Gasteiger partial charge in [0.05, 0.1) is 24.6 Å². The van der Waals surface area contributed by atoms with E-state index in [0.29, 0.717) is 19.5 Å². The smallest absolute Gasteiger partial charge is 0.221 e. The van der Waals surface area contributed by atoms with Gasteiger partial charge >= 0.3 is 0 Å². The lowest BCUT2D eigenvalue weighted by Gasteiger charge is -2.10. The molecule has 2 aromatic rings. The molecule has 0 saturated heterocycles. The fourth-order valence-corrected chi connectivity index (χ4v) is 1.60. The van der Waals surface area contributed by atoms with Gasteiger partial charge < -0.3 is 9.47 Å². The highest BCUT2D eigenvalue weighted by molar-refractivity contribution is 7.03. The summed E-state index contributed by atoms with van der Waals surface area (Å²) in [7, 11) is 0. The third-order valence-corrected chi connectivity index (χ3v) is 2.49. The summed E-state index contributed by atoms with van der Waals surface area (Å²) in [5, 5.41) is 8.60. The summed E-state index contributed by atoms with van der Waals surface area (Å²) in [6, 6.07) is 3.78. The molecular formula is C10H12N3O2S. The van der Waals surface area contributed by atoms with E-state index in [0.717, 1.165) is 11.4 Å². The Morgan fingerprint density at radius 3 is 2.75 bits per heavy atom. The first-order valence-corrected chi connectivity index (χ1v) is 5.65. The van der Waals surface area contributed by atoms with Crippen LogP contribution in [0.15, 0.2) is 23.7 Å². The van der Waals surface area contributed by atoms with Crippen LogP contribution in [0.5, 0.6) is 0 Å². The molecule has 0 amide bonds. The quantitative estimate of drug-likeness (QED) is 0.837. The number of rotatable bonds is 6. The molecule has 2 aromatic heterocycles. The van der Waals surface area contributed by atoms with Crippen LogP contribution < -0.4 is 0 Å². The van der Waals surface area contributed by atoms with E-state index in [1.54, 1.807) is 13.1 Å². The van der Waals surface area contributed by atoms with Gasteiger partial charge in [0, 0.05) is 11.6 Å². The topological polar surface area (TPSA) is 60.0 Å². The summed E-state index contributed by atoms with van der Waals surface area (Å²) in [6.45, 7) is 2.63. The van der Waals surface area contributed by atoms with Gasteiger partial charge in [-0.25, -0.2) is 0 Å². The first-order valence-electron chi connectivity index (χ1n) is 4.81. The van der Waals surface area contributed by atoms with Crippen LogP contribution in [0.25, 0.3) is 0 Å². The van der Waals surface area contributed by atoms with Gasteiger partial charge in [0.15, 0.2) is 0 Å². The predicted molar refractivity (Wildman–Crippen MR) is 59.2 cm³/mol. The first kappa shape index (κ1) is 11.3. The Morgan fingerprint density at radius 2 is 2.12 bits per heavy atom. The standard InChI is InChI=1S/C10H12N3O2S/c1-8(14-6-9-2-4-11-12-9)15-7-10-3-5-16-13-10/h2-5H,6-7H2,1H3,(H,11,12). The molecule has 1 radical (unpaired) electrons. The van der Waals surface area contributed by atoms with Gasteiger partial charge in [-0.2, -0.15) is 9.47 Å². The van der Waals surface area contributed by atoms with Crippen molar-refractivity contribution in [2.45, 2.75) is 20.1 Å². The van der Waals surface area contributed by atoms with E-state index >= 15 is 0 Å². The van der Waals surface area contributed by atoms with E-state index in [2.05, 4.69) is 14.6 Å². The highest BCUT2D eigenvalue weighted by Gasteiger charge is 2.06.